The van der Waals surface area contributed by atoms with E-state index < -0.39 is 7.26 Å². The summed E-state index contributed by atoms with van der Waals surface area (Å²) in [6, 6.07) is 32.4. The fourth-order valence-corrected chi connectivity index (χ4v) is 7.56. The molecule has 0 saturated carbocycles. The summed E-state index contributed by atoms with van der Waals surface area (Å²) in [5, 5.41) is 4.12. The molecule has 0 saturated heterocycles. The molecule has 0 bridgehead atoms. The van der Waals surface area contributed by atoms with Crippen molar-refractivity contribution in [2.24, 2.45) is 0 Å². The Labute approximate surface area is 143 Å². The number of alkyl halides is 1. The van der Waals surface area contributed by atoms with E-state index in [-0.39, 0.29) is 0 Å². The summed E-state index contributed by atoms with van der Waals surface area (Å²) in [5.41, 5.74) is 0. The van der Waals surface area contributed by atoms with Gasteiger partial charge in [0.05, 0.1) is 0 Å². The zero-order chi connectivity index (χ0) is 16.0. The molecule has 0 atom stereocenters. The van der Waals surface area contributed by atoms with Crippen molar-refractivity contribution in [3.63, 3.8) is 0 Å². The maximum absolute atomic E-state index is 6.01. The predicted molar refractivity (Wildman–Crippen MR) is 106 cm³/mol. The Morgan fingerprint density at radius 1 is 0.609 bits per heavy atom. The summed E-state index contributed by atoms with van der Waals surface area (Å²) in [5.74, 6) is 2.89. The van der Waals surface area contributed by atoms with Crippen molar-refractivity contribution in [1.29, 1.82) is 0 Å². The van der Waals surface area contributed by atoms with Crippen LogP contribution in [0.3, 0.4) is 0 Å². The molecule has 3 rings (SSSR count). The molecule has 2 heteroatoms. The average molecular weight is 339 g/mol. The van der Waals surface area contributed by atoms with E-state index in [0.717, 1.165) is 0 Å². The first-order valence-electron chi connectivity index (χ1n) is 7.78. The Hall–Kier alpha value is -1.88. The summed E-state index contributed by atoms with van der Waals surface area (Å²) < 4.78 is 0. The van der Waals surface area contributed by atoms with Crippen molar-refractivity contribution in [3.8, 4) is 0 Å². The maximum atomic E-state index is 6.01. The molecule has 3 aromatic rings. The number of hydrogen-bond donors (Lipinski definition) is 0. The zero-order valence-electron chi connectivity index (χ0n) is 12.9. The van der Waals surface area contributed by atoms with E-state index in [1.54, 1.807) is 0 Å². The van der Waals surface area contributed by atoms with Gasteiger partial charge in [0, 0.05) is 0 Å². The Morgan fingerprint density at radius 3 is 1.26 bits per heavy atom. The van der Waals surface area contributed by atoms with Crippen LogP contribution < -0.4 is 15.9 Å². The fourth-order valence-electron chi connectivity index (χ4n) is 3.11. The molecule has 23 heavy (non-hydrogen) atoms. The van der Waals surface area contributed by atoms with Gasteiger partial charge in [-0.1, -0.05) is 0 Å². The number of hydrogen-bond acceptors (Lipinski definition) is 0. The van der Waals surface area contributed by atoms with E-state index in [2.05, 4.69) is 103 Å². The van der Waals surface area contributed by atoms with Crippen LogP contribution >= 0.6 is 18.9 Å². The number of allylic oxidation sites excluding steroid dienone is 1. The summed E-state index contributed by atoms with van der Waals surface area (Å²) in [6.45, 7) is 0. The Bertz CT molecular complexity index is 655. The zero-order valence-corrected chi connectivity index (χ0v) is 14.7. The van der Waals surface area contributed by atoms with Crippen LogP contribution in [0.4, 0.5) is 0 Å². The van der Waals surface area contributed by atoms with Gasteiger partial charge in [0.15, 0.2) is 0 Å². The molecule has 0 nitrogen and oxygen atoms in total. The van der Waals surface area contributed by atoms with Crippen LogP contribution in [-0.4, -0.2) is 5.88 Å². The minimum absolute atomic E-state index is 0.529. The molecule has 116 valence electrons. The fraction of sp³-hybridized carbons (Fsp3) is 0.0476. The van der Waals surface area contributed by atoms with Crippen LogP contribution in [0.1, 0.15) is 0 Å². The summed E-state index contributed by atoms with van der Waals surface area (Å²) in [7, 11) is -2.21. The van der Waals surface area contributed by atoms with Gasteiger partial charge >= 0.3 is 144 Å². The van der Waals surface area contributed by atoms with Gasteiger partial charge in [-0.3, -0.25) is 0 Å². The van der Waals surface area contributed by atoms with Crippen LogP contribution in [-0.2, 0) is 0 Å². The monoisotopic (exact) mass is 338 g/mol. The van der Waals surface area contributed by atoms with Crippen LogP contribution in [0.2, 0.25) is 0 Å². The van der Waals surface area contributed by atoms with Gasteiger partial charge in [-0.05, 0) is 0 Å². The molecule has 0 radical (unpaired) electrons. The third kappa shape index (κ3) is 3.24. The first-order chi connectivity index (χ1) is 11.4. The van der Waals surface area contributed by atoms with Gasteiger partial charge in [0.25, 0.3) is 0 Å². The second-order valence-electron chi connectivity index (χ2n) is 5.46. The van der Waals surface area contributed by atoms with E-state index in [4.69, 9.17) is 11.6 Å². The van der Waals surface area contributed by atoms with Crippen LogP contribution in [0.25, 0.3) is 0 Å². The molecular formula is C21H20ClP. The first-order valence-corrected chi connectivity index (χ1v) is 10.4. The van der Waals surface area contributed by atoms with Gasteiger partial charge in [-0.25, -0.2) is 0 Å². The van der Waals surface area contributed by atoms with Crippen molar-refractivity contribution in [2.45, 2.75) is 0 Å². The van der Waals surface area contributed by atoms with Crippen LogP contribution in [0, 0.1) is 0 Å². The van der Waals surface area contributed by atoms with Crippen molar-refractivity contribution < 1.29 is 0 Å². The molecule has 0 aliphatic rings. The van der Waals surface area contributed by atoms with Gasteiger partial charge < -0.3 is 0 Å². The molecule has 0 fully saturated rings. The quantitative estimate of drug-likeness (QED) is 0.476. The molecular weight excluding hydrogens is 319 g/mol. The van der Waals surface area contributed by atoms with Crippen molar-refractivity contribution in [3.05, 3.63) is 103 Å². The molecule has 3 aromatic carbocycles. The average Bonchev–Trinajstić information content (AvgIpc) is 2.65. The third-order valence-corrected chi connectivity index (χ3v) is 8.79. The van der Waals surface area contributed by atoms with E-state index in [9.17, 15) is 0 Å². The normalized spacial score (nSPS) is 12.4. The number of halogens is 1. The standard InChI is InChI=1S/C21H20ClP/c22-17-10-18-23(19-11-4-1-5-12-19,20-13-6-2-7-14-20)21-15-8-3-9-16-21/h1-16,18,23H,17H2. The summed E-state index contributed by atoms with van der Waals surface area (Å²) in [6.07, 6.45) is 2.10. The van der Waals surface area contributed by atoms with E-state index in [0.29, 0.717) is 5.88 Å². The molecule has 0 aliphatic carbocycles. The molecule has 0 spiro atoms. The summed E-state index contributed by atoms with van der Waals surface area (Å²) >= 11 is 6.01. The van der Waals surface area contributed by atoms with Gasteiger partial charge in [0.1, 0.15) is 0 Å². The van der Waals surface area contributed by atoms with Crippen LogP contribution in [0.15, 0.2) is 103 Å². The van der Waals surface area contributed by atoms with E-state index in [1.807, 2.05) is 0 Å². The molecule has 0 amide bonds. The topological polar surface area (TPSA) is 0 Å². The predicted octanol–water partition coefficient (Wildman–Crippen LogP) is 4.47. The van der Waals surface area contributed by atoms with Gasteiger partial charge in [0.2, 0.25) is 0 Å². The Morgan fingerprint density at radius 2 is 0.957 bits per heavy atom. The van der Waals surface area contributed by atoms with Crippen molar-refractivity contribution in [2.75, 3.05) is 5.88 Å². The second kappa shape index (κ2) is 7.59. The minimum atomic E-state index is -2.21. The molecule has 0 heterocycles. The SMILES string of the molecule is ClCC=C[PH](c1ccccc1)(c1ccccc1)c1ccccc1. The van der Waals surface area contributed by atoms with Gasteiger partial charge in [-0.15, -0.1) is 0 Å². The van der Waals surface area contributed by atoms with Crippen molar-refractivity contribution in [1.82, 2.24) is 0 Å². The second-order valence-corrected chi connectivity index (χ2v) is 9.45. The van der Waals surface area contributed by atoms with E-state index >= 15 is 0 Å². The first kappa shape index (κ1) is 16.0. The Kier molecular flexibility index (Phi) is 5.28. The molecule has 0 N–H and O–H groups in total. The van der Waals surface area contributed by atoms with E-state index in [1.165, 1.54) is 15.9 Å². The molecule has 0 aliphatic heterocycles. The summed E-state index contributed by atoms with van der Waals surface area (Å²) in [4.78, 5) is 0. The molecule has 0 unspecified atom stereocenters. The number of rotatable bonds is 5. The van der Waals surface area contributed by atoms with Gasteiger partial charge in [-0.2, -0.15) is 0 Å². The van der Waals surface area contributed by atoms with Crippen molar-refractivity contribution >= 4 is 34.8 Å². The van der Waals surface area contributed by atoms with Crippen LogP contribution in [0.5, 0.6) is 0 Å². The molecule has 0 aromatic heterocycles. The number of benzene rings is 3. The Balaban J connectivity index is 2.33. The third-order valence-electron chi connectivity index (χ3n) is 4.14.